The fourth-order valence-electron chi connectivity index (χ4n) is 2.00. The maximum absolute atomic E-state index is 11.9. The van der Waals surface area contributed by atoms with Gasteiger partial charge in [-0.3, -0.25) is 10.7 Å². The number of carbonyl (C=O) groups is 1. The highest BCUT2D eigenvalue weighted by atomic mass is 32.1. The van der Waals surface area contributed by atoms with E-state index in [4.69, 9.17) is 12.2 Å². The third-order valence-corrected chi connectivity index (χ3v) is 4.08. The van der Waals surface area contributed by atoms with Gasteiger partial charge in [-0.15, -0.1) is 11.3 Å². The molecular formula is C17H15N5OS2. The summed E-state index contributed by atoms with van der Waals surface area (Å²) < 4.78 is 0. The van der Waals surface area contributed by atoms with Gasteiger partial charge in [-0.2, -0.15) is 0 Å². The number of nitrogens with zero attached hydrogens (tertiary/aromatic N) is 1. The summed E-state index contributed by atoms with van der Waals surface area (Å²) >= 11 is 6.46. The summed E-state index contributed by atoms with van der Waals surface area (Å²) in [5.41, 5.74) is 7.73. The summed E-state index contributed by atoms with van der Waals surface area (Å²) in [7, 11) is 0. The number of hydrazine groups is 1. The second kappa shape index (κ2) is 8.22. The molecule has 126 valence electrons. The topological polar surface area (TPSA) is 78.1 Å². The molecule has 25 heavy (non-hydrogen) atoms. The molecule has 3 rings (SSSR count). The van der Waals surface area contributed by atoms with Gasteiger partial charge in [-0.1, -0.05) is 48.5 Å². The van der Waals surface area contributed by atoms with Crippen LogP contribution in [0.4, 0.5) is 15.6 Å². The van der Waals surface area contributed by atoms with Gasteiger partial charge >= 0.3 is 6.03 Å². The number of benzene rings is 2. The first-order valence-corrected chi connectivity index (χ1v) is 8.69. The number of rotatable bonds is 3. The highest BCUT2D eigenvalue weighted by molar-refractivity contribution is 7.80. The number of hydrogen-bond donors (Lipinski definition) is 4. The van der Waals surface area contributed by atoms with Gasteiger partial charge in [0.25, 0.3) is 0 Å². The zero-order valence-electron chi connectivity index (χ0n) is 13.0. The molecule has 0 fully saturated rings. The lowest BCUT2D eigenvalue weighted by atomic mass is 10.2. The zero-order chi connectivity index (χ0) is 17.5. The van der Waals surface area contributed by atoms with Gasteiger partial charge in [0.2, 0.25) is 0 Å². The zero-order valence-corrected chi connectivity index (χ0v) is 14.7. The minimum Gasteiger partial charge on any atom is -0.331 e. The van der Waals surface area contributed by atoms with E-state index < -0.39 is 6.03 Å². The lowest BCUT2D eigenvalue weighted by molar-refractivity contribution is 0.250. The van der Waals surface area contributed by atoms with Crippen LogP contribution < -0.4 is 21.5 Å². The van der Waals surface area contributed by atoms with Crippen LogP contribution in [0.5, 0.6) is 0 Å². The van der Waals surface area contributed by atoms with Crippen LogP contribution in [0.3, 0.4) is 0 Å². The lowest BCUT2D eigenvalue weighted by Crippen LogP contribution is -2.45. The minimum atomic E-state index is -0.453. The van der Waals surface area contributed by atoms with Gasteiger partial charge in [-0.25, -0.2) is 15.2 Å². The third kappa shape index (κ3) is 5.00. The van der Waals surface area contributed by atoms with Gasteiger partial charge in [0.1, 0.15) is 0 Å². The first kappa shape index (κ1) is 16.9. The quantitative estimate of drug-likeness (QED) is 0.417. The molecule has 0 saturated heterocycles. The molecule has 2 amide bonds. The van der Waals surface area contributed by atoms with E-state index in [1.807, 2.05) is 66.0 Å². The molecule has 0 bridgehead atoms. The SMILES string of the molecule is O=C(NNC(=S)Nc1ccccc1)Nc1nc(-c2ccccc2)cs1. The molecule has 3 aromatic rings. The van der Waals surface area contributed by atoms with Gasteiger partial charge < -0.3 is 5.32 Å². The summed E-state index contributed by atoms with van der Waals surface area (Å²) in [6, 6.07) is 18.7. The van der Waals surface area contributed by atoms with Crippen molar-refractivity contribution in [1.29, 1.82) is 0 Å². The molecule has 0 aliphatic rings. The van der Waals surface area contributed by atoms with E-state index in [9.17, 15) is 4.79 Å². The summed E-state index contributed by atoms with van der Waals surface area (Å²) in [5, 5.41) is 8.28. The van der Waals surface area contributed by atoms with E-state index in [1.165, 1.54) is 11.3 Å². The predicted molar refractivity (Wildman–Crippen MR) is 106 cm³/mol. The van der Waals surface area contributed by atoms with Gasteiger partial charge in [-0.05, 0) is 24.4 Å². The largest absolute Gasteiger partial charge is 0.339 e. The molecule has 0 aliphatic heterocycles. The molecule has 0 atom stereocenters. The maximum Gasteiger partial charge on any atom is 0.339 e. The molecule has 6 nitrogen and oxygen atoms in total. The molecule has 0 unspecified atom stereocenters. The van der Waals surface area contributed by atoms with Gasteiger partial charge in [0.15, 0.2) is 10.2 Å². The standard InChI is InChI=1S/C17H15N5OS2/c23-15(21-22-16(24)18-13-9-5-2-6-10-13)20-17-19-14(11-25-17)12-7-3-1-4-8-12/h1-11H,(H2,18,22,24)(H2,19,20,21,23). The van der Waals surface area contributed by atoms with Crippen molar-refractivity contribution in [3.8, 4) is 11.3 Å². The van der Waals surface area contributed by atoms with Crippen LogP contribution in [0.1, 0.15) is 0 Å². The van der Waals surface area contributed by atoms with Crippen molar-refractivity contribution >= 4 is 45.5 Å². The summed E-state index contributed by atoms with van der Waals surface area (Å²) in [5.74, 6) is 0. The van der Waals surface area contributed by atoms with Crippen LogP contribution in [0.15, 0.2) is 66.0 Å². The highest BCUT2D eigenvalue weighted by Crippen LogP contribution is 2.24. The van der Waals surface area contributed by atoms with Crippen LogP contribution in [0.2, 0.25) is 0 Å². The minimum absolute atomic E-state index is 0.283. The summed E-state index contributed by atoms with van der Waals surface area (Å²) in [6.45, 7) is 0. The Hall–Kier alpha value is -2.97. The van der Waals surface area contributed by atoms with E-state index in [1.54, 1.807) is 0 Å². The number of hydrogen-bond acceptors (Lipinski definition) is 4. The average Bonchev–Trinajstić information content (AvgIpc) is 3.10. The molecule has 8 heteroatoms. The van der Waals surface area contributed by atoms with Crippen molar-refractivity contribution in [2.24, 2.45) is 0 Å². The van der Waals surface area contributed by atoms with Crippen molar-refractivity contribution in [3.63, 3.8) is 0 Å². The van der Waals surface area contributed by atoms with Crippen LogP contribution in [-0.2, 0) is 0 Å². The van der Waals surface area contributed by atoms with Crippen LogP contribution in [0, 0.1) is 0 Å². The van der Waals surface area contributed by atoms with Crippen molar-refractivity contribution < 1.29 is 4.79 Å². The molecular weight excluding hydrogens is 354 g/mol. The normalized spacial score (nSPS) is 9.92. The lowest BCUT2D eigenvalue weighted by Gasteiger charge is -2.11. The monoisotopic (exact) mass is 369 g/mol. The van der Waals surface area contributed by atoms with Crippen LogP contribution >= 0.6 is 23.6 Å². The average molecular weight is 369 g/mol. The van der Waals surface area contributed by atoms with Gasteiger partial charge in [0.05, 0.1) is 5.69 Å². The Kier molecular flexibility index (Phi) is 5.55. The number of para-hydroxylation sites is 1. The number of carbonyl (C=O) groups excluding carboxylic acids is 1. The number of amides is 2. The third-order valence-electron chi connectivity index (χ3n) is 3.12. The van der Waals surface area contributed by atoms with Crippen LogP contribution in [-0.4, -0.2) is 16.1 Å². The van der Waals surface area contributed by atoms with Crippen LogP contribution in [0.25, 0.3) is 11.3 Å². The molecule has 0 aliphatic carbocycles. The first-order chi connectivity index (χ1) is 12.2. The Morgan fingerprint density at radius 2 is 1.60 bits per heavy atom. The fourth-order valence-corrected chi connectivity index (χ4v) is 2.88. The van der Waals surface area contributed by atoms with Crippen molar-refractivity contribution in [2.75, 3.05) is 10.6 Å². The molecule has 1 aromatic heterocycles. The highest BCUT2D eigenvalue weighted by Gasteiger charge is 2.08. The number of nitrogens with one attached hydrogen (secondary N) is 4. The Bertz CT molecular complexity index is 852. The smallest absolute Gasteiger partial charge is 0.331 e. The Labute approximate surface area is 154 Å². The fraction of sp³-hybridized carbons (Fsp3) is 0. The Morgan fingerprint density at radius 1 is 0.920 bits per heavy atom. The van der Waals surface area contributed by atoms with E-state index in [-0.39, 0.29) is 5.11 Å². The van der Waals surface area contributed by atoms with Crippen molar-refractivity contribution in [1.82, 2.24) is 15.8 Å². The second-order valence-electron chi connectivity index (χ2n) is 4.93. The number of thiazole rings is 1. The van der Waals surface area contributed by atoms with E-state index in [0.29, 0.717) is 5.13 Å². The van der Waals surface area contributed by atoms with Crippen molar-refractivity contribution in [3.05, 3.63) is 66.0 Å². The first-order valence-electron chi connectivity index (χ1n) is 7.41. The summed E-state index contributed by atoms with van der Waals surface area (Å²) in [4.78, 5) is 16.3. The molecule has 2 aromatic carbocycles. The second-order valence-corrected chi connectivity index (χ2v) is 6.19. The number of urea groups is 1. The Balaban J connectivity index is 1.48. The Morgan fingerprint density at radius 3 is 2.32 bits per heavy atom. The predicted octanol–water partition coefficient (Wildman–Crippen LogP) is 3.83. The molecule has 0 spiro atoms. The summed E-state index contributed by atoms with van der Waals surface area (Å²) in [6.07, 6.45) is 0. The number of anilines is 2. The number of thiocarbonyl (C=S) groups is 1. The van der Waals surface area contributed by atoms with Gasteiger partial charge in [0, 0.05) is 16.6 Å². The van der Waals surface area contributed by atoms with E-state index in [2.05, 4.69) is 26.5 Å². The molecule has 0 radical (unpaired) electrons. The van der Waals surface area contributed by atoms with Crippen molar-refractivity contribution in [2.45, 2.75) is 0 Å². The molecule has 1 heterocycles. The number of aromatic nitrogens is 1. The maximum atomic E-state index is 11.9. The van der Waals surface area contributed by atoms with E-state index >= 15 is 0 Å². The van der Waals surface area contributed by atoms with E-state index in [0.717, 1.165) is 16.9 Å². The molecule has 0 saturated carbocycles. The molecule has 4 N–H and O–H groups in total.